The van der Waals surface area contributed by atoms with Gasteiger partial charge in [-0.05, 0) is 37.0 Å². The topological polar surface area (TPSA) is 45.2 Å². The number of ether oxygens (including phenoxy) is 2. The summed E-state index contributed by atoms with van der Waals surface area (Å²) < 4.78 is 10.8. The molecule has 1 N–H and O–H groups in total. The molecule has 5 nitrogen and oxygen atoms in total. The molecule has 1 saturated heterocycles. The zero-order valence-electron chi connectivity index (χ0n) is 15.6. The Morgan fingerprint density at radius 2 is 1.72 bits per heavy atom. The third-order valence-corrected chi connectivity index (χ3v) is 5.74. The summed E-state index contributed by atoms with van der Waals surface area (Å²) in [7, 11) is 3.38. The normalized spacial score (nSPS) is 23.1. The van der Waals surface area contributed by atoms with E-state index in [-0.39, 0.29) is 6.61 Å². The first-order chi connectivity index (χ1) is 12.2. The summed E-state index contributed by atoms with van der Waals surface area (Å²) in [5.41, 5.74) is 1.20. The number of hydrogen-bond donors (Lipinski definition) is 1. The lowest BCUT2D eigenvalue weighted by atomic mass is 10.0. The van der Waals surface area contributed by atoms with Gasteiger partial charge in [-0.25, -0.2) is 0 Å². The highest BCUT2D eigenvalue weighted by Crippen LogP contribution is 2.28. The summed E-state index contributed by atoms with van der Waals surface area (Å²) in [6, 6.07) is 7.26. The molecule has 1 aliphatic heterocycles. The summed E-state index contributed by atoms with van der Waals surface area (Å²) in [6.07, 6.45) is 6.28. The van der Waals surface area contributed by atoms with E-state index in [1.807, 2.05) is 6.07 Å². The summed E-state index contributed by atoms with van der Waals surface area (Å²) in [5.74, 6) is 1.66. The van der Waals surface area contributed by atoms with Gasteiger partial charge in [0.25, 0.3) is 0 Å². The Bertz CT molecular complexity index is 523. The van der Waals surface area contributed by atoms with Gasteiger partial charge >= 0.3 is 0 Å². The Hall–Kier alpha value is -1.30. The van der Waals surface area contributed by atoms with Crippen LogP contribution in [0.15, 0.2) is 18.2 Å². The fraction of sp³-hybridized carbons (Fsp3) is 0.700. The number of nitrogens with zero attached hydrogens (tertiary/aromatic N) is 2. The second kappa shape index (κ2) is 8.88. The summed E-state index contributed by atoms with van der Waals surface area (Å²) >= 11 is 0. The predicted octanol–water partition coefficient (Wildman–Crippen LogP) is 2.52. The highest BCUT2D eigenvalue weighted by atomic mass is 16.5. The fourth-order valence-electron chi connectivity index (χ4n) is 4.34. The molecule has 2 fully saturated rings. The van der Waals surface area contributed by atoms with E-state index < -0.39 is 0 Å². The van der Waals surface area contributed by atoms with Gasteiger partial charge in [0.1, 0.15) is 11.5 Å². The molecule has 0 radical (unpaired) electrons. The van der Waals surface area contributed by atoms with Crippen LogP contribution < -0.4 is 9.47 Å². The Morgan fingerprint density at radius 1 is 1.04 bits per heavy atom. The zero-order valence-corrected chi connectivity index (χ0v) is 15.6. The maximum Gasteiger partial charge on any atom is 0.122 e. The van der Waals surface area contributed by atoms with Crippen molar-refractivity contribution in [2.75, 3.05) is 40.5 Å². The highest BCUT2D eigenvalue weighted by Gasteiger charge is 2.31. The fourth-order valence-corrected chi connectivity index (χ4v) is 4.34. The minimum absolute atomic E-state index is 0.251. The van der Waals surface area contributed by atoms with Crippen LogP contribution >= 0.6 is 0 Å². The molecule has 0 amide bonds. The number of rotatable bonds is 7. The molecule has 1 unspecified atom stereocenters. The first kappa shape index (κ1) is 18.5. The molecule has 0 spiro atoms. The van der Waals surface area contributed by atoms with Gasteiger partial charge in [-0.15, -0.1) is 0 Å². The summed E-state index contributed by atoms with van der Waals surface area (Å²) in [4.78, 5) is 5.17. The van der Waals surface area contributed by atoms with Gasteiger partial charge in [0.2, 0.25) is 0 Å². The summed E-state index contributed by atoms with van der Waals surface area (Å²) in [5, 5.41) is 9.53. The van der Waals surface area contributed by atoms with E-state index in [1.165, 1.54) is 31.2 Å². The third kappa shape index (κ3) is 4.66. The van der Waals surface area contributed by atoms with E-state index in [9.17, 15) is 5.11 Å². The van der Waals surface area contributed by atoms with Crippen molar-refractivity contribution in [3.63, 3.8) is 0 Å². The van der Waals surface area contributed by atoms with Gasteiger partial charge in [-0.2, -0.15) is 0 Å². The van der Waals surface area contributed by atoms with Crippen molar-refractivity contribution in [3.8, 4) is 11.5 Å². The lowest BCUT2D eigenvalue weighted by molar-refractivity contribution is 0.0326. The first-order valence-corrected chi connectivity index (χ1v) is 9.54. The monoisotopic (exact) mass is 348 g/mol. The lowest BCUT2D eigenvalue weighted by Gasteiger charge is -2.44. The highest BCUT2D eigenvalue weighted by molar-refractivity contribution is 5.38. The largest absolute Gasteiger partial charge is 0.497 e. The minimum atomic E-state index is 0.251. The first-order valence-electron chi connectivity index (χ1n) is 9.54. The Labute approximate surface area is 151 Å². The van der Waals surface area contributed by atoms with E-state index in [1.54, 1.807) is 14.2 Å². The van der Waals surface area contributed by atoms with Gasteiger partial charge in [0.15, 0.2) is 0 Å². The molecule has 1 heterocycles. The molecule has 1 aromatic carbocycles. The molecule has 140 valence electrons. The van der Waals surface area contributed by atoms with Crippen molar-refractivity contribution in [2.45, 2.75) is 50.7 Å². The van der Waals surface area contributed by atoms with Gasteiger partial charge in [0, 0.05) is 50.9 Å². The number of methoxy groups -OCH3 is 2. The molecular weight excluding hydrogens is 316 g/mol. The van der Waals surface area contributed by atoms with Gasteiger partial charge < -0.3 is 14.6 Å². The SMILES string of the molecule is COc1cc(CN2CCN(C3CCCC3)CC2CCO)cc(OC)c1. The quantitative estimate of drug-likeness (QED) is 0.820. The van der Waals surface area contributed by atoms with Crippen molar-refractivity contribution in [2.24, 2.45) is 0 Å². The van der Waals surface area contributed by atoms with E-state index in [2.05, 4.69) is 21.9 Å². The number of piperazine rings is 1. The molecule has 1 saturated carbocycles. The van der Waals surface area contributed by atoms with Crippen LogP contribution in [-0.2, 0) is 6.54 Å². The number of benzene rings is 1. The zero-order chi connectivity index (χ0) is 17.6. The molecule has 1 aromatic rings. The number of hydrogen-bond acceptors (Lipinski definition) is 5. The molecule has 1 aliphatic carbocycles. The van der Waals surface area contributed by atoms with Crippen molar-refractivity contribution in [1.82, 2.24) is 9.80 Å². The van der Waals surface area contributed by atoms with Crippen LogP contribution in [0.2, 0.25) is 0 Å². The average Bonchev–Trinajstić information content (AvgIpc) is 3.17. The van der Waals surface area contributed by atoms with Crippen molar-refractivity contribution in [3.05, 3.63) is 23.8 Å². The third-order valence-electron chi connectivity index (χ3n) is 5.74. The molecule has 1 atom stereocenters. The molecular formula is C20H32N2O3. The van der Waals surface area contributed by atoms with Crippen LogP contribution in [-0.4, -0.2) is 67.5 Å². The van der Waals surface area contributed by atoms with Crippen LogP contribution in [0.1, 0.15) is 37.7 Å². The van der Waals surface area contributed by atoms with Crippen LogP contribution in [0.4, 0.5) is 0 Å². The van der Waals surface area contributed by atoms with Crippen LogP contribution in [0, 0.1) is 0 Å². The van der Waals surface area contributed by atoms with E-state index in [4.69, 9.17) is 9.47 Å². The van der Waals surface area contributed by atoms with Crippen LogP contribution in [0.25, 0.3) is 0 Å². The predicted molar refractivity (Wildman–Crippen MR) is 99.3 cm³/mol. The van der Waals surface area contributed by atoms with Crippen molar-refractivity contribution in [1.29, 1.82) is 0 Å². The molecule has 5 heteroatoms. The smallest absolute Gasteiger partial charge is 0.122 e. The van der Waals surface area contributed by atoms with E-state index in [0.717, 1.165) is 50.1 Å². The minimum Gasteiger partial charge on any atom is -0.497 e. The van der Waals surface area contributed by atoms with Crippen molar-refractivity contribution >= 4 is 0 Å². The van der Waals surface area contributed by atoms with E-state index >= 15 is 0 Å². The van der Waals surface area contributed by atoms with E-state index in [0.29, 0.717) is 6.04 Å². The molecule has 3 rings (SSSR count). The molecule has 0 aromatic heterocycles. The standard InChI is InChI=1S/C20H32N2O3/c1-24-19-11-16(12-20(13-19)25-2)14-21-8-9-22(15-18(21)7-10-23)17-5-3-4-6-17/h11-13,17-18,23H,3-10,14-15H2,1-2H3. The van der Waals surface area contributed by atoms with Crippen molar-refractivity contribution < 1.29 is 14.6 Å². The van der Waals surface area contributed by atoms with Crippen LogP contribution in [0.3, 0.4) is 0 Å². The Kier molecular flexibility index (Phi) is 6.57. The maximum absolute atomic E-state index is 9.53. The number of aliphatic hydroxyl groups is 1. The van der Waals surface area contributed by atoms with Gasteiger partial charge in [-0.3, -0.25) is 9.80 Å². The second-order valence-electron chi connectivity index (χ2n) is 7.29. The molecule has 25 heavy (non-hydrogen) atoms. The second-order valence-corrected chi connectivity index (χ2v) is 7.29. The Balaban J connectivity index is 1.68. The lowest BCUT2D eigenvalue weighted by Crippen LogP contribution is -2.55. The Morgan fingerprint density at radius 3 is 2.32 bits per heavy atom. The summed E-state index contributed by atoms with van der Waals surface area (Å²) in [6.45, 7) is 4.39. The van der Waals surface area contributed by atoms with Gasteiger partial charge in [-0.1, -0.05) is 12.8 Å². The maximum atomic E-state index is 9.53. The van der Waals surface area contributed by atoms with Gasteiger partial charge in [0.05, 0.1) is 14.2 Å². The molecule has 2 aliphatic rings. The molecule has 0 bridgehead atoms. The van der Waals surface area contributed by atoms with Crippen LogP contribution in [0.5, 0.6) is 11.5 Å². The average molecular weight is 348 g/mol. The number of aliphatic hydroxyl groups excluding tert-OH is 1.